The molecule has 1 aliphatic carbocycles. The Morgan fingerprint density at radius 3 is 1.65 bits per heavy atom. The van der Waals surface area contributed by atoms with E-state index in [1.165, 1.54) is 107 Å². The maximum absolute atomic E-state index is 3.69. The molecule has 0 heterocycles. The molecule has 0 nitrogen and oxygen atoms in total. The summed E-state index contributed by atoms with van der Waals surface area (Å²) in [5, 5.41) is 0. The van der Waals surface area contributed by atoms with Gasteiger partial charge in [0.1, 0.15) is 0 Å². The summed E-state index contributed by atoms with van der Waals surface area (Å²) < 4.78 is 1.42. The number of fused-ring (bicyclic) bond motifs is 3. The minimum atomic E-state index is 0. The van der Waals surface area contributed by atoms with Crippen LogP contribution in [0.5, 0.6) is 0 Å². The number of hydrogen-bond donors (Lipinski definition) is 0. The van der Waals surface area contributed by atoms with E-state index in [0.717, 1.165) is 6.42 Å². The standard InChI is InChI=1S/C23H29.C13H10.C12H19.2ClH.Zr/c1-14-9-16-11-17-10-15(2)21(23(6,7)8)13-19(17)18(16)12-20(14)22(3,4)5;1-3-7-12(8-4-1)11-13-9-5-2-6-10-13;1-5-6-10-7-8-11(9-10)12(2,3)4;;;/h9,12-13H,11H2,1-8H3;1-10H;7-9H,5-6H2,1-4H3;2*1H;/q-1;;-1;;;+2/p-2. The Labute approximate surface area is 338 Å². The average Bonchev–Trinajstić information content (AvgIpc) is 3.65. The van der Waals surface area contributed by atoms with E-state index in [9.17, 15) is 0 Å². The second-order valence-corrected chi connectivity index (χ2v) is 18.0. The Bertz CT molecular complexity index is 1750. The Balaban J connectivity index is 0.000000278. The van der Waals surface area contributed by atoms with Gasteiger partial charge in [0.2, 0.25) is 0 Å². The van der Waals surface area contributed by atoms with Crippen molar-refractivity contribution >= 4 is 3.21 Å². The van der Waals surface area contributed by atoms with Crippen LogP contribution in [0.1, 0.15) is 131 Å². The second-order valence-electron chi connectivity index (χ2n) is 16.8. The predicted octanol–water partition coefficient (Wildman–Crippen LogP) is 6.74. The Morgan fingerprint density at radius 1 is 0.686 bits per heavy atom. The molecule has 51 heavy (non-hydrogen) atoms. The molecule has 0 fully saturated rings. The molecule has 0 atom stereocenters. The third-order valence-corrected chi connectivity index (χ3v) is 10.8. The van der Waals surface area contributed by atoms with Crippen LogP contribution in [0.4, 0.5) is 0 Å². The monoisotopic (exact) mass is 794 g/mol. The van der Waals surface area contributed by atoms with Crippen molar-refractivity contribution in [2.24, 2.45) is 0 Å². The third kappa shape index (κ3) is 11.8. The van der Waals surface area contributed by atoms with Gasteiger partial charge in [0.15, 0.2) is 0 Å². The predicted molar refractivity (Wildman–Crippen MR) is 211 cm³/mol. The van der Waals surface area contributed by atoms with Crippen LogP contribution in [0.2, 0.25) is 0 Å². The summed E-state index contributed by atoms with van der Waals surface area (Å²) in [6.45, 7) is 27.3. The van der Waals surface area contributed by atoms with Crippen LogP contribution in [0.3, 0.4) is 0 Å². The van der Waals surface area contributed by atoms with Gasteiger partial charge in [0.25, 0.3) is 0 Å². The van der Waals surface area contributed by atoms with E-state index in [0.29, 0.717) is 5.41 Å². The minimum absolute atomic E-state index is 0. The molecule has 0 bridgehead atoms. The summed E-state index contributed by atoms with van der Waals surface area (Å²) >= 11 is 1.46. The van der Waals surface area contributed by atoms with E-state index in [2.05, 4.69) is 186 Å². The molecule has 270 valence electrons. The summed E-state index contributed by atoms with van der Waals surface area (Å²) in [5.41, 5.74) is 17.5. The van der Waals surface area contributed by atoms with Crippen LogP contribution < -0.4 is 24.8 Å². The third-order valence-electron chi connectivity index (χ3n) is 9.43. The SMILES string of the molecule is CCCc1cc(C(C)(C)C)c[cH-]1.Cc1[c-]c2c(cc1C(C)(C)C)-c1cc(C(C)(C)C)c(C)cc1C2.[Cl-].[Cl-].[Zr+2]=[C](c1ccccc1)c1ccccc1. The van der Waals surface area contributed by atoms with E-state index >= 15 is 0 Å². The van der Waals surface area contributed by atoms with Crippen LogP contribution in [-0.4, -0.2) is 3.21 Å². The molecular formula is C48H58Cl2Zr-2. The van der Waals surface area contributed by atoms with Gasteiger partial charge >= 0.3 is 99.2 Å². The molecule has 0 aromatic heterocycles. The van der Waals surface area contributed by atoms with Crippen LogP contribution in [0.25, 0.3) is 11.1 Å². The van der Waals surface area contributed by atoms with Crippen molar-refractivity contribution in [3.63, 3.8) is 0 Å². The normalized spacial score (nSPS) is 11.8. The maximum atomic E-state index is 3.69. The van der Waals surface area contributed by atoms with Gasteiger partial charge in [-0.2, -0.15) is 41.0 Å². The summed E-state index contributed by atoms with van der Waals surface area (Å²) in [5.74, 6) is 0. The molecule has 5 aromatic rings. The number of benzene rings is 4. The molecule has 3 heteroatoms. The molecule has 0 saturated heterocycles. The molecule has 0 radical (unpaired) electrons. The number of hydrogen-bond acceptors (Lipinski definition) is 0. The first-order valence-corrected chi connectivity index (χ1v) is 19.3. The van der Waals surface area contributed by atoms with Gasteiger partial charge in [-0.25, -0.2) is 6.07 Å². The van der Waals surface area contributed by atoms with Crippen molar-refractivity contribution in [1.82, 2.24) is 0 Å². The van der Waals surface area contributed by atoms with Crippen molar-refractivity contribution in [3.8, 4) is 11.1 Å². The fourth-order valence-corrected chi connectivity index (χ4v) is 7.62. The summed E-state index contributed by atoms with van der Waals surface area (Å²) in [6.07, 6.45) is 3.49. The van der Waals surface area contributed by atoms with Crippen molar-refractivity contribution in [2.45, 2.75) is 119 Å². The molecule has 1 aliphatic rings. The van der Waals surface area contributed by atoms with Crippen molar-refractivity contribution in [1.29, 1.82) is 0 Å². The zero-order chi connectivity index (χ0) is 36.1. The molecule has 6 rings (SSSR count). The number of halogens is 2. The van der Waals surface area contributed by atoms with Crippen LogP contribution in [0, 0.1) is 19.9 Å². The van der Waals surface area contributed by atoms with Crippen molar-refractivity contribution in [3.05, 3.63) is 159 Å². The summed E-state index contributed by atoms with van der Waals surface area (Å²) in [6, 6.07) is 38.9. The van der Waals surface area contributed by atoms with Crippen LogP contribution in [-0.2, 0) is 53.3 Å². The average molecular weight is 797 g/mol. The zero-order valence-corrected chi connectivity index (χ0v) is 37.1. The zero-order valence-electron chi connectivity index (χ0n) is 33.1. The van der Waals surface area contributed by atoms with E-state index in [4.69, 9.17) is 0 Å². The topological polar surface area (TPSA) is 0 Å². The molecule has 0 aliphatic heterocycles. The molecule has 5 aromatic carbocycles. The quantitative estimate of drug-likeness (QED) is 0.174. The molecule has 0 unspecified atom stereocenters. The molecule has 0 saturated carbocycles. The van der Waals surface area contributed by atoms with Gasteiger partial charge in [0.05, 0.1) is 0 Å². The van der Waals surface area contributed by atoms with E-state index in [-0.39, 0.29) is 35.6 Å². The molecular weight excluding hydrogens is 739 g/mol. The van der Waals surface area contributed by atoms with Crippen LogP contribution in [0.15, 0.2) is 97.1 Å². The first-order chi connectivity index (χ1) is 22.9. The first-order valence-electron chi connectivity index (χ1n) is 18.1. The Morgan fingerprint density at radius 2 is 1.20 bits per heavy atom. The van der Waals surface area contributed by atoms with Crippen LogP contribution >= 0.6 is 0 Å². The van der Waals surface area contributed by atoms with Gasteiger partial charge in [-0.15, -0.1) is 16.7 Å². The van der Waals surface area contributed by atoms with Gasteiger partial charge in [-0.1, -0.05) is 118 Å². The molecule has 0 N–H and O–H groups in total. The van der Waals surface area contributed by atoms with Gasteiger partial charge < -0.3 is 24.8 Å². The Kier molecular flexibility index (Phi) is 16.3. The Hall–Kier alpha value is -2.44. The van der Waals surface area contributed by atoms with E-state index in [1.54, 1.807) is 0 Å². The molecule has 0 spiro atoms. The first kappa shape index (κ1) is 44.7. The van der Waals surface area contributed by atoms with E-state index in [1.807, 2.05) is 0 Å². The second kappa shape index (κ2) is 18.5. The number of rotatable bonds is 4. The van der Waals surface area contributed by atoms with Gasteiger partial charge in [0, 0.05) is 0 Å². The van der Waals surface area contributed by atoms with Gasteiger partial charge in [-0.3, -0.25) is 0 Å². The fraction of sp³-hybridized carbons (Fsp3) is 0.375. The summed E-state index contributed by atoms with van der Waals surface area (Å²) in [4.78, 5) is 0. The van der Waals surface area contributed by atoms with Crippen molar-refractivity contribution in [2.75, 3.05) is 0 Å². The molecule has 0 amide bonds. The van der Waals surface area contributed by atoms with Gasteiger partial charge in [-0.05, 0) is 35.4 Å². The number of aryl methyl sites for hydroxylation is 3. The summed E-state index contributed by atoms with van der Waals surface area (Å²) in [7, 11) is 0. The van der Waals surface area contributed by atoms with Crippen molar-refractivity contribution < 1.29 is 49.0 Å². The van der Waals surface area contributed by atoms with E-state index < -0.39 is 0 Å². The fourth-order valence-electron chi connectivity index (χ4n) is 6.80.